The molecule has 0 fully saturated rings. The van der Waals surface area contributed by atoms with Gasteiger partial charge >= 0.3 is 0 Å². The van der Waals surface area contributed by atoms with Gasteiger partial charge in [0, 0.05) is 12.6 Å². The number of hydrogen-bond acceptors (Lipinski definition) is 7. The van der Waals surface area contributed by atoms with Crippen LogP contribution >= 0.6 is 0 Å². The SMILES string of the molecule is COc1nc(NCC(C)(C)F)nc2c1C(c1ccc3nnn(CC(F)F)c3c1)=C[C@@H](C)NC2. The maximum absolute atomic E-state index is 14.0. The summed E-state index contributed by atoms with van der Waals surface area (Å²) in [6, 6.07) is 5.37. The molecule has 2 N–H and O–H groups in total. The van der Waals surface area contributed by atoms with Crippen LogP contribution in [0, 0.1) is 0 Å². The van der Waals surface area contributed by atoms with Crippen molar-refractivity contribution < 1.29 is 17.9 Å². The standard InChI is InChI=1S/C22H26F3N7O/c1-12-7-14(13-5-6-15-17(8-13)32(31-30-15)10-18(23)24)19-16(9-26-12)28-21(29-20(19)33-4)27-11-22(2,3)25/h5-8,12,18,26H,9-11H2,1-4H3,(H,27,28,29)/t12-/m1/s1. The highest BCUT2D eigenvalue weighted by Crippen LogP contribution is 2.36. The van der Waals surface area contributed by atoms with E-state index in [-0.39, 0.29) is 18.5 Å². The molecular formula is C22H26F3N7O. The van der Waals surface area contributed by atoms with Crippen molar-refractivity contribution in [3.63, 3.8) is 0 Å². The van der Waals surface area contributed by atoms with Gasteiger partial charge in [-0.3, -0.25) is 0 Å². The first-order valence-electron chi connectivity index (χ1n) is 10.6. The van der Waals surface area contributed by atoms with Crippen molar-refractivity contribution in [1.82, 2.24) is 30.3 Å². The zero-order chi connectivity index (χ0) is 23.8. The molecule has 1 aliphatic heterocycles. The number of rotatable bonds is 7. The highest BCUT2D eigenvalue weighted by molar-refractivity contribution is 5.88. The molecule has 0 saturated carbocycles. The minimum Gasteiger partial charge on any atom is -0.480 e. The molecule has 11 heteroatoms. The number of benzene rings is 1. The molecule has 0 amide bonds. The van der Waals surface area contributed by atoms with Gasteiger partial charge in [-0.05, 0) is 44.0 Å². The highest BCUT2D eigenvalue weighted by Gasteiger charge is 2.25. The molecule has 1 aliphatic rings. The Morgan fingerprint density at radius 3 is 2.79 bits per heavy atom. The molecule has 8 nitrogen and oxygen atoms in total. The third-order valence-electron chi connectivity index (χ3n) is 5.22. The van der Waals surface area contributed by atoms with E-state index in [4.69, 9.17) is 4.74 Å². The van der Waals surface area contributed by atoms with Gasteiger partial charge < -0.3 is 15.4 Å². The Bertz CT molecular complexity index is 1190. The normalized spacial score (nSPS) is 16.5. The average Bonchev–Trinajstić information content (AvgIpc) is 3.06. The molecule has 0 radical (unpaired) electrons. The van der Waals surface area contributed by atoms with Gasteiger partial charge in [0.2, 0.25) is 11.8 Å². The number of hydrogen-bond donors (Lipinski definition) is 2. The second-order valence-corrected chi connectivity index (χ2v) is 8.57. The first kappa shape index (κ1) is 23.0. The summed E-state index contributed by atoms with van der Waals surface area (Å²) >= 11 is 0. The van der Waals surface area contributed by atoms with Gasteiger partial charge in [0.05, 0.1) is 30.4 Å². The predicted octanol–water partition coefficient (Wildman–Crippen LogP) is 3.58. The summed E-state index contributed by atoms with van der Waals surface area (Å²) < 4.78 is 46.7. The van der Waals surface area contributed by atoms with Crippen molar-refractivity contribution in [3.05, 3.63) is 41.1 Å². The molecule has 4 rings (SSSR count). The lowest BCUT2D eigenvalue weighted by Gasteiger charge is -2.18. The third-order valence-corrected chi connectivity index (χ3v) is 5.22. The Kier molecular flexibility index (Phi) is 6.24. The lowest BCUT2D eigenvalue weighted by atomic mass is 9.96. The number of halogens is 3. The van der Waals surface area contributed by atoms with Crippen LogP contribution in [0.1, 0.15) is 37.6 Å². The van der Waals surface area contributed by atoms with E-state index in [1.807, 2.05) is 19.1 Å². The molecule has 0 aliphatic carbocycles. The van der Waals surface area contributed by atoms with Gasteiger partial charge in [0.1, 0.15) is 17.7 Å². The molecule has 1 aromatic carbocycles. The van der Waals surface area contributed by atoms with Crippen LogP contribution in [0.2, 0.25) is 0 Å². The van der Waals surface area contributed by atoms with Crippen molar-refractivity contribution in [2.75, 3.05) is 19.0 Å². The summed E-state index contributed by atoms with van der Waals surface area (Å²) in [6.45, 7) is 4.87. The first-order chi connectivity index (χ1) is 15.6. The predicted molar refractivity (Wildman–Crippen MR) is 119 cm³/mol. The topological polar surface area (TPSA) is 89.8 Å². The minimum atomic E-state index is -2.55. The summed E-state index contributed by atoms with van der Waals surface area (Å²) in [7, 11) is 1.51. The van der Waals surface area contributed by atoms with E-state index in [0.717, 1.165) is 11.1 Å². The molecule has 0 bridgehead atoms. The molecule has 0 unspecified atom stereocenters. The lowest BCUT2D eigenvalue weighted by Crippen LogP contribution is -2.26. The second kappa shape index (κ2) is 8.97. The minimum absolute atomic E-state index is 0.0140. The first-order valence-corrected chi connectivity index (χ1v) is 10.6. The average molecular weight is 461 g/mol. The molecule has 2 aromatic heterocycles. The zero-order valence-corrected chi connectivity index (χ0v) is 18.9. The van der Waals surface area contributed by atoms with Crippen LogP contribution in [0.4, 0.5) is 19.1 Å². The summed E-state index contributed by atoms with van der Waals surface area (Å²) in [4.78, 5) is 9.05. The number of nitrogens with one attached hydrogen (secondary N) is 2. The van der Waals surface area contributed by atoms with Crippen molar-refractivity contribution in [1.29, 1.82) is 0 Å². The van der Waals surface area contributed by atoms with Crippen molar-refractivity contribution in [2.24, 2.45) is 0 Å². The van der Waals surface area contributed by atoms with E-state index in [0.29, 0.717) is 34.7 Å². The molecule has 1 atom stereocenters. The van der Waals surface area contributed by atoms with Crippen LogP contribution in [0.3, 0.4) is 0 Å². The van der Waals surface area contributed by atoms with Crippen LogP contribution in [0.15, 0.2) is 24.3 Å². The van der Waals surface area contributed by atoms with E-state index in [1.54, 1.807) is 12.1 Å². The molecular weight excluding hydrogens is 435 g/mol. The summed E-state index contributed by atoms with van der Waals surface area (Å²) in [6.07, 6.45) is -0.535. The van der Waals surface area contributed by atoms with Gasteiger partial charge in [-0.1, -0.05) is 17.4 Å². The third kappa shape index (κ3) is 5.08. The number of ether oxygens (including phenoxy) is 1. The van der Waals surface area contributed by atoms with Gasteiger partial charge in [0.15, 0.2) is 0 Å². The van der Waals surface area contributed by atoms with E-state index in [2.05, 4.69) is 30.9 Å². The number of fused-ring (bicyclic) bond motifs is 2. The fourth-order valence-electron chi connectivity index (χ4n) is 3.69. The van der Waals surface area contributed by atoms with E-state index in [1.165, 1.54) is 25.6 Å². The smallest absolute Gasteiger partial charge is 0.258 e. The number of anilines is 1. The maximum atomic E-state index is 14.0. The lowest BCUT2D eigenvalue weighted by molar-refractivity contribution is 0.122. The monoisotopic (exact) mass is 461 g/mol. The van der Waals surface area contributed by atoms with Crippen LogP contribution in [-0.4, -0.2) is 56.8 Å². The fraction of sp³-hybridized carbons (Fsp3) is 0.455. The van der Waals surface area contributed by atoms with Gasteiger partial charge in [-0.2, -0.15) is 4.98 Å². The Morgan fingerprint density at radius 2 is 2.09 bits per heavy atom. The van der Waals surface area contributed by atoms with E-state index >= 15 is 0 Å². The quantitative estimate of drug-likeness (QED) is 0.556. The molecule has 0 saturated heterocycles. The number of aromatic nitrogens is 5. The van der Waals surface area contributed by atoms with E-state index in [9.17, 15) is 13.2 Å². The molecule has 176 valence electrons. The highest BCUT2D eigenvalue weighted by atomic mass is 19.3. The Hall–Kier alpha value is -3.21. The van der Waals surface area contributed by atoms with Gasteiger partial charge in [-0.15, -0.1) is 5.10 Å². The van der Waals surface area contributed by atoms with Crippen LogP contribution in [0.25, 0.3) is 16.6 Å². The number of alkyl halides is 3. The second-order valence-electron chi connectivity index (χ2n) is 8.57. The molecule has 3 heterocycles. The number of nitrogens with zero attached hydrogens (tertiary/aromatic N) is 5. The summed E-state index contributed by atoms with van der Waals surface area (Å²) in [5.41, 5.74) is 2.52. The summed E-state index contributed by atoms with van der Waals surface area (Å²) in [5.74, 6) is 0.599. The zero-order valence-electron chi connectivity index (χ0n) is 18.9. The number of methoxy groups -OCH3 is 1. The molecule has 0 spiro atoms. The van der Waals surface area contributed by atoms with Crippen LogP contribution in [-0.2, 0) is 13.1 Å². The Balaban J connectivity index is 1.81. The Labute approximate surface area is 189 Å². The van der Waals surface area contributed by atoms with Crippen molar-refractivity contribution >= 4 is 22.6 Å². The van der Waals surface area contributed by atoms with Gasteiger partial charge in [0.25, 0.3) is 6.43 Å². The fourth-order valence-corrected chi connectivity index (χ4v) is 3.69. The van der Waals surface area contributed by atoms with E-state index < -0.39 is 18.6 Å². The van der Waals surface area contributed by atoms with Crippen LogP contribution in [0.5, 0.6) is 5.88 Å². The largest absolute Gasteiger partial charge is 0.480 e. The Morgan fingerprint density at radius 1 is 1.30 bits per heavy atom. The molecule has 33 heavy (non-hydrogen) atoms. The summed E-state index contributed by atoms with van der Waals surface area (Å²) in [5, 5.41) is 14.1. The molecule has 3 aromatic rings. The van der Waals surface area contributed by atoms with Gasteiger partial charge in [-0.25, -0.2) is 22.8 Å². The van der Waals surface area contributed by atoms with Crippen molar-refractivity contribution in [3.8, 4) is 5.88 Å². The van der Waals surface area contributed by atoms with Crippen LogP contribution < -0.4 is 15.4 Å². The van der Waals surface area contributed by atoms with Crippen molar-refractivity contribution in [2.45, 2.75) is 52.0 Å². The maximum Gasteiger partial charge on any atom is 0.258 e.